The van der Waals surface area contributed by atoms with E-state index in [0.29, 0.717) is 0 Å². The zero-order valence-corrected chi connectivity index (χ0v) is 10.9. The SMILES string of the molecule is Nc1cccnc1N1CCN(C2CCCC2)CC1. The molecule has 1 saturated heterocycles. The van der Waals surface area contributed by atoms with Crippen LogP contribution in [0.1, 0.15) is 25.7 Å². The first-order chi connectivity index (χ1) is 8.84. The molecule has 2 heterocycles. The van der Waals surface area contributed by atoms with E-state index in [1.54, 1.807) is 0 Å². The predicted octanol–water partition coefficient (Wildman–Crippen LogP) is 1.73. The van der Waals surface area contributed by atoms with Crippen LogP contribution >= 0.6 is 0 Å². The molecule has 98 valence electrons. The summed E-state index contributed by atoms with van der Waals surface area (Å²) in [7, 11) is 0. The number of piperazine rings is 1. The number of hydrogen-bond acceptors (Lipinski definition) is 4. The number of nitrogen functional groups attached to an aromatic ring is 1. The summed E-state index contributed by atoms with van der Waals surface area (Å²) in [5.41, 5.74) is 6.79. The van der Waals surface area contributed by atoms with Crippen LogP contribution < -0.4 is 10.6 Å². The number of hydrogen-bond donors (Lipinski definition) is 1. The van der Waals surface area contributed by atoms with Crippen molar-refractivity contribution in [2.75, 3.05) is 36.8 Å². The van der Waals surface area contributed by atoms with Crippen molar-refractivity contribution in [1.82, 2.24) is 9.88 Å². The topological polar surface area (TPSA) is 45.4 Å². The first kappa shape index (κ1) is 11.8. The molecule has 0 amide bonds. The lowest BCUT2D eigenvalue weighted by Gasteiger charge is -2.38. The van der Waals surface area contributed by atoms with Crippen LogP contribution in [0.3, 0.4) is 0 Å². The molecule has 1 aliphatic heterocycles. The molecule has 0 unspecified atom stereocenters. The summed E-state index contributed by atoms with van der Waals surface area (Å²) in [5, 5.41) is 0. The summed E-state index contributed by atoms with van der Waals surface area (Å²) >= 11 is 0. The van der Waals surface area contributed by atoms with Crippen LogP contribution in [0.2, 0.25) is 0 Å². The number of aromatic nitrogens is 1. The smallest absolute Gasteiger partial charge is 0.151 e. The average molecular weight is 246 g/mol. The van der Waals surface area contributed by atoms with Crippen molar-refractivity contribution in [2.24, 2.45) is 0 Å². The lowest BCUT2D eigenvalue weighted by Crippen LogP contribution is -2.50. The molecule has 18 heavy (non-hydrogen) atoms. The van der Waals surface area contributed by atoms with Gasteiger partial charge in [0.1, 0.15) is 0 Å². The van der Waals surface area contributed by atoms with Gasteiger partial charge in [-0.1, -0.05) is 12.8 Å². The monoisotopic (exact) mass is 246 g/mol. The molecular formula is C14H22N4. The lowest BCUT2D eigenvalue weighted by molar-refractivity contribution is 0.187. The van der Waals surface area contributed by atoms with E-state index in [-0.39, 0.29) is 0 Å². The van der Waals surface area contributed by atoms with Crippen LogP contribution in [-0.2, 0) is 0 Å². The maximum absolute atomic E-state index is 5.99. The van der Waals surface area contributed by atoms with Gasteiger partial charge < -0.3 is 10.6 Å². The zero-order chi connectivity index (χ0) is 12.4. The Hall–Kier alpha value is -1.29. The fourth-order valence-corrected chi connectivity index (χ4v) is 3.24. The third-order valence-electron chi connectivity index (χ3n) is 4.27. The maximum Gasteiger partial charge on any atom is 0.151 e. The van der Waals surface area contributed by atoms with Crippen molar-refractivity contribution in [3.63, 3.8) is 0 Å². The second kappa shape index (κ2) is 5.14. The van der Waals surface area contributed by atoms with Gasteiger partial charge in [-0.15, -0.1) is 0 Å². The Morgan fingerprint density at radius 2 is 1.83 bits per heavy atom. The molecule has 4 nitrogen and oxygen atoms in total. The Labute approximate surface area is 109 Å². The quantitative estimate of drug-likeness (QED) is 0.863. The Morgan fingerprint density at radius 3 is 2.50 bits per heavy atom. The summed E-state index contributed by atoms with van der Waals surface area (Å²) < 4.78 is 0. The number of pyridine rings is 1. The van der Waals surface area contributed by atoms with Gasteiger partial charge in [0.15, 0.2) is 5.82 Å². The van der Waals surface area contributed by atoms with Crippen LogP contribution in [0.4, 0.5) is 11.5 Å². The molecule has 2 aliphatic rings. The largest absolute Gasteiger partial charge is 0.396 e. The molecule has 3 rings (SSSR count). The van der Waals surface area contributed by atoms with Crippen molar-refractivity contribution >= 4 is 11.5 Å². The lowest BCUT2D eigenvalue weighted by atomic mass is 10.2. The highest BCUT2D eigenvalue weighted by atomic mass is 15.3. The first-order valence-electron chi connectivity index (χ1n) is 7.04. The molecule has 4 heteroatoms. The van der Waals surface area contributed by atoms with Crippen LogP contribution in [-0.4, -0.2) is 42.1 Å². The standard InChI is InChI=1S/C14H22N4/c15-13-6-3-7-16-14(13)18-10-8-17(9-11-18)12-4-1-2-5-12/h3,6-7,12H,1-2,4-5,8-11,15H2. The molecule has 1 aliphatic carbocycles. The molecule has 1 aromatic rings. The van der Waals surface area contributed by atoms with Crippen molar-refractivity contribution in [2.45, 2.75) is 31.7 Å². The van der Waals surface area contributed by atoms with Crippen LogP contribution in [0.5, 0.6) is 0 Å². The van der Waals surface area contributed by atoms with Crippen molar-refractivity contribution in [1.29, 1.82) is 0 Å². The second-order valence-electron chi connectivity index (χ2n) is 5.38. The van der Waals surface area contributed by atoms with E-state index in [1.807, 2.05) is 18.3 Å². The van der Waals surface area contributed by atoms with E-state index in [4.69, 9.17) is 5.73 Å². The van der Waals surface area contributed by atoms with Gasteiger partial charge in [0.25, 0.3) is 0 Å². The predicted molar refractivity (Wildman–Crippen MR) is 74.7 cm³/mol. The highest BCUT2D eigenvalue weighted by Crippen LogP contribution is 2.26. The summed E-state index contributed by atoms with van der Waals surface area (Å²) in [6.07, 6.45) is 7.45. The number of rotatable bonds is 2. The number of nitrogens with two attached hydrogens (primary N) is 1. The second-order valence-corrected chi connectivity index (χ2v) is 5.38. The molecule has 2 N–H and O–H groups in total. The molecular weight excluding hydrogens is 224 g/mol. The van der Waals surface area contributed by atoms with Crippen LogP contribution in [0.25, 0.3) is 0 Å². The van der Waals surface area contributed by atoms with E-state index in [0.717, 1.165) is 43.7 Å². The van der Waals surface area contributed by atoms with Gasteiger partial charge in [0.05, 0.1) is 5.69 Å². The van der Waals surface area contributed by atoms with Crippen molar-refractivity contribution in [3.8, 4) is 0 Å². The Kier molecular flexibility index (Phi) is 3.37. The zero-order valence-electron chi connectivity index (χ0n) is 10.9. The van der Waals surface area contributed by atoms with Gasteiger partial charge in [0.2, 0.25) is 0 Å². The maximum atomic E-state index is 5.99. The molecule has 0 aromatic carbocycles. The minimum absolute atomic E-state index is 0.798. The van der Waals surface area contributed by atoms with Gasteiger partial charge >= 0.3 is 0 Å². The molecule has 0 atom stereocenters. The van der Waals surface area contributed by atoms with E-state index < -0.39 is 0 Å². The summed E-state index contributed by atoms with van der Waals surface area (Å²) in [6, 6.07) is 4.67. The number of nitrogens with zero attached hydrogens (tertiary/aromatic N) is 3. The molecule has 0 bridgehead atoms. The third kappa shape index (κ3) is 2.29. The van der Waals surface area contributed by atoms with Crippen LogP contribution in [0.15, 0.2) is 18.3 Å². The first-order valence-corrected chi connectivity index (χ1v) is 7.04. The molecule has 2 fully saturated rings. The highest BCUT2D eigenvalue weighted by Gasteiger charge is 2.26. The fraction of sp³-hybridized carbons (Fsp3) is 0.643. The minimum atomic E-state index is 0.798. The van der Waals surface area contributed by atoms with Gasteiger partial charge in [-0.2, -0.15) is 0 Å². The minimum Gasteiger partial charge on any atom is -0.396 e. The third-order valence-corrected chi connectivity index (χ3v) is 4.27. The Balaban J connectivity index is 1.61. The van der Waals surface area contributed by atoms with Gasteiger partial charge in [0, 0.05) is 38.4 Å². The van der Waals surface area contributed by atoms with Crippen LogP contribution in [0, 0.1) is 0 Å². The van der Waals surface area contributed by atoms with Crippen molar-refractivity contribution < 1.29 is 0 Å². The Morgan fingerprint density at radius 1 is 1.11 bits per heavy atom. The molecule has 1 aromatic heterocycles. The number of anilines is 2. The van der Waals surface area contributed by atoms with Crippen molar-refractivity contribution in [3.05, 3.63) is 18.3 Å². The average Bonchev–Trinajstić information content (AvgIpc) is 2.94. The molecule has 0 radical (unpaired) electrons. The van der Waals surface area contributed by atoms with Gasteiger partial charge in [-0.3, -0.25) is 4.90 Å². The van der Waals surface area contributed by atoms with E-state index >= 15 is 0 Å². The van der Waals surface area contributed by atoms with E-state index in [1.165, 1.54) is 25.7 Å². The molecule has 0 spiro atoms. The van der Waals surface area contributed by atoms with Gasteiger partial charge in [-0.05, 0) is 25.0 Å². The van der Waals surface area contributed by atoms with E-state index in [2.05, 4.69) is 14.8 Å². The Bertz CT molecular complexity index is 393. The van der Waals surface area contributed by atoms with E-state index in [9.17, 15) is 0 Å². The molecule has 1 saturated carbocycles. The fourth-order valence-electron chi connectivity index (χ4n) is 3.24. The summed E-state index contributed by atoms with van der Waals surface area (Å²) in [5.74, 6) is 0.962. The van der Waals surface area contributed by atoms with Gasteiger partial charge in [-0.25, -0.2) is 4.98 Å². The normalized spacial score (nSPS) is 22.6. The highest BCUT2D eigenvalue weighted by molar-refractivity contribution is 5.62. The summed E-state index contributed by atoms with van der Waals surface area (Å²) in [4.78, 5) is 9.38. The summed E-state index contributed by atoms with van der Waals surface area (Å²) in [6.45, 7) is 4.41.